The molecule has 0 bridgehead atoms. The highest BCUT2D eigenvalue weighted by Gasteiger charge is 2.35. The second-order valence-corrected chi connectivity index (χ2v) is 8.13. The number of H-pyrrole nitrogens is 1. The highest BCUT2D eigenvalue weighted by Crippen LogP contribution is 2.33. The third kappa shape index (κ3) is 3.60. The first kappa shape index (κ1) is 20.2. The van der Waals surface area contributed by atoms with Gasteiger partial charge in [-0.3, -0.25) is 10.0 Å². The molecule has 3 aromatic rings. The van der Waals surface area contributed by atoms with E-state index in [0.717, 1.165) is 41.9 Å². The number of nitrogens with zero attached hydrogens (tertiary/aromatic N) is 6. The zero-order chi connectivity index (χ0) is 22.1. The molecule has 0 saturated carbocycles. The summed E-state index contributed by atoms with van der Waals surface area (Å²) in [5.74, 6) is 1.66. The quantitative estimate of drug-likeness (QED) is 0.624. The monoisotopic (exact) mass is 425 g/mol. The van der Waals surface area contributed by atoms with Crippen LogP contribution >= 0.6 is 0 Å². The lowest BCUT2D eigenvalue weighted by Gasteiger charge is -2.39. The minimum atomic E-state index is 0.244. The summed E-state index contributed by atoms with van der Waals surface area (Å²) in [6, 6.07) is 17.2. The van der Waals surface area contributed by atoms with E-state index in [4.69, 9.17) is 4.99 Å². The van der Waals surface area contributed by atoms with Crippen molar-refractivity contribution in [3.05, 3.63) is 77.8 Å². The lowest BCUT2D eigenvalue weighted by atomic mass is 9.95. The van der Waals surface area contributed by atoms with Crippen molar-refractivity contribution >= 4 is 5.71 Å². The van der Waals surface area contributed by atoms with Crippen LogP contribution in [0.1, 0.15) is 32.8 Å². The van der Waals surface area contributed by atoms with Crippen LogP contribution in [0.15, 0.2) is 77.2 Å². The Hall–Kier alpha value is -3.74. The molecule has 0 spiro atoms. The summed E-state index contributed by atoms with van der Waals surface area (Å²) in [7, 11) is 0. The topological polar surface area (TPSA) is 73.3 Å². The van der Waals surface area contributed by atoms with Crippen LogP contribution in [0.4, 0.5) is 0 Å². The van der Waals surface area contributed by atoms with E-state index in [2.05, 4.69) is 94.0 Å². The molecule has 3 heterocycles. The molecule has 1 N–H and O–H groups in total. The van der Waals surface area contributed by atoms with Gasteiger partial charge in [-0.2, -0.15) is 5.21 Å². The molecule has 0 radical (unpaired) electrons. The van der Waals surface area contributed by atoms with Gasteiger partial charge in [-0.15, -0.1) is 10.2 Å². The predicted molar refractivity (Wildman–Crippen MR) is 126 cm³/mol. The van der Waals surface area contributed by atoms with Gasteiger partial charge >= 0.3 is 0 Å². The van der Waals surface area contributed by atoms with Gasteiger partial charge < -0.3 is 0 Å². The minimum absolute atomic E-state index is 0.244. The number of aromatic nitrogens is 4. The molecule has 0 amide bonds. The van der Waals surface area contributed by atoms with E-state index in [-0.39, 0.29) is 6.04 Å². The number of aliphatic imine (C=N–C) groups is 1. The second-order valence-electron chi connectivity index (χ2n) is 8.13. The van der Waals surface area contributed by atoms with Crippen LogP contribution in [0.5, 0.6) is 0 Å². The maximum absolute atomic E-state index is 4.96. The van der Waals surface area contributed by atoms with Crippen molar-refractivity contribution in [2.24, 2.45) is 4.99 Å². The molecule has 2 aromatic carbocycles. The van der Waals surface area contributed by atoms with Gasteiger partial charge in [0, 0.05) is 30.4 Å². The first-order valence-corrected chi connectivity index (χ1v) is 11.1. The summed E-state index contributed by atoms with van der Waals surface area (Å²) in [5, 5.41) is 19.2. The molecule has 2 aliphatic rings. The van der Waals surface area contributed by atoms with Gasteiger partial charge in [0.15, 0.2) is 0 Å². The van der Waals surface area contributed by atoms with E-state index in [0.29, 0.717) is 5.82 Å². The van der Waals surface area contributed by atoms with Crippen molar-refractivity contribution in [2.45, 2.75) is 39.7 Å². The molecular weight excluding hydrogens is 398 g/mol. The maximum Gasteiger partial charge on any atom is 0.205 e. The van der Waals surface area contributed by atoms with Gasteiger partial charge in [0.05, 0.1) is 6.04 Å². The van der Waals surface area contributed by atoms with Gasteiger partial charge in [-0.25, -0.2) is 4.99 Å². The average Bonchev–Trinajstić information content (AvgIpc) is 3.47. The van der Waals surface area contributed by atoms with Crippen LogP contribution in [0, 0.1) is 0 Å². The Morgan fingerprint density at radius 1 is 1.00 bits per heavy atom. The van der Waals surface area contributed by atoms with Crippen LogP contribution < -0.4 is 0 Å². The standard InChI is InChI=1S/C25H27N7/c1-4-22-23(32-24(26-22)14-17(3)16-31(32)5-2)15-18-10-12-19(13-11-18)20-8-6-7-9-21(20)25-27-29-30-28-25/h6-14,16,23H,4-5,15H2,1-3H3,(H,27,28,29,30). The van der Waals surface area contributed by atoms with Crippen LogP contribution in [-0.4, -0.2) is 48.9 Å². The molecule has 5 rings (SSSR count). The molecule has 7 heteroatoms. The lowest BCUT2D eigenvalue weighted by molar-refractivity contribution is 0.0483. The Morgan fingerprint density at radius 3 is 2.47 bits per heavy atom. The molecular formula is C25H27N7. The van der Waals surface area contributed by atoms with Crippen LogP contribution in [0.3, 0.4) is 0 Å². The smallest absolute Gasteiger partial charge is 0.205 e. The number of benzene rings is 2. The number of hydrazine groups is 1. The number of allylic oxidation sites excluding steroid dienone is 2. The molecule has 162 valence electrons. The highest BCUT2D eigenvalue weighted by atomic mass is 15.7. The van der Waals surface area contributed by atoms with E-state index in [1.165, 1.54) is 16.8 Å². The molecule has 7 nitrogen and oxygen atoms in total. The zero-order valence-corrected chi connectivity index (χ0v) is 18.7. The summed E-state index contributed by atoms with van der Waals surface area (Å²) >= 11 is 0. The lowest BCUT2D eigenvalue weighted by Crippen LogP contribution is -2.47. The summed E-state index contributed by atoms with van der Waals surface area (Å²) in [6.45, 7) is 7.43. The van der Waals surface area contributed by atoms with Crippen LogP contribution in [-0.2, 0) is 6.42 Å². The number of nitrogens with one attached hydrogen (secondary N) is 1. The normalized spacial score (nSPS) is 17.7. The fourth-order valence-corrected chi connectivity index (χ4v) is 4.53. The molecule has 1 aromatic heterocycles. The van der Waals surface area contributed by atoms with Crippen molar-refractivity contribution in [3.63, 3.8) is 0 Å². The van der Waals surface area contributed by atoms with Crippen LogP contribution in [0.2, 0.25) is 0 Å². The Kier molecular flexibility index (Phi) is 5.31. The molecule has 32 heavy (non-hydrogen) atoms. The Balaban J connectivity index is 1.41. The number of tetrazole rings is 1. The fourth-order valence-electron chi connectivity index (χ4n) is 4.53. The summed E-state index contributed by atoms with van der Waals surface area (Å²) < 4.78 is 0. The first-order chi connectivity index (χ1) is 15.7. The number of hydrogen-bond acceptors (Lipinski definition) is 6. The largest absolute Gasteiger partial charge is 0.291 e. The van der Waals surface area contributed by atoms with Gasteiger partial charge in [-0.05, 0) is 53.8 Å². The summed E-state index contributed by atoms with van der Waals surface area (Å²) in [5.41, 5.74) is 6.97. The molecule has 2 aliphatic heterocycles. The third-order valence-electron chi connectivity index (χ3n) is 6.05. The molecule has 1 atom stereocenters. The maximum atomic E-state index is 4.96. The number of aromatic amines is 1. The number of hydrogen-bond donors (Lipinski definition) is 1. The van der Waals surface area contributed by atoms with Crippen molar-refractivity contribution in [1.29, 1.82) is 0 Å². The first-order valence-electron chi connectivity index (χ1n) is 11.1. The Morgan fingerprint density at radius 2 is 1.78 bits per heavy atom. The van der Waals surface area contributed by atoms with E-state index < -0.39 is 0 Å². The Bertz CT molecular complexity index is 1190. The minimum Gasteiger partial charge on any atom is -0.291 e. The van der Waals surface area contributed by atoms with Crippen LogP contribution in [0.25, 0.3) is 22.5 Å². The molecule has 0 saturated heterocycles. The molecule has 1 unspecified atom stereocenters. The van der Waals surface area contributed by atoms with E-state index >= 15 is 0 Å². The van der Waals surface area contributed by atoms with E-state index in [9.17, 15) is 0 Å². The number of fused-ring (bicyclic) bond motifs is 1. The Labute approximate surface area is 188 Å². The van der Waals surface area contributed by atoms with Gasteiger partial charge in [0.1, 0.15) is 5.82 Å². The average molecular weight is 426 g/mol. The van der Waals surface area contributed by atoms with E-state index in [1.807, 2.05) is 18.2 Å². The van der Waals surface area contributed by atoms with Crippen molar-refractivity contribution in [3.8, 4) is 22.5 Å². The summed E-state index contributed by atoms with van der Waals surface area (Å²) in [4.78, 5) is 4.96. The second kappa shape index (κ2) is 8.42. The SMILES string of the molecule is CCC1=NC2=CC(C)=CN(CC)N2C1Cc1ccc(-c2ccccc2-c2nn[nH]n2)cc1. The van der Waals surface area contributed by atoms with E-state index in [1.54, 1.807) is 0 Å². The fraction of sp³-hybridized carbons (Fsp3) is 0.280. The molecule has 0 fully saturated rings. The summed E-state index contributed by atoms with van der Waals surface area (Å²) in [6.07, 6.45) is 6.26. The third-order valence-corrected chi connectivity index (χ3v) is 6.05. The highest BCUT2D eigenvalue weighted by molar-refractivity contribution is 5.92. The van der Waals surface area contributed by atoms with Gasteiger partial charge in [0.25, 0.3) is 0 Å². The van der Waals surface area contributed by atoms with Gasteiger partial charge in [-0.1, -0.05) is 55.5 Å². The zero-order valence-electron chi connectivity index (χ0n) is 18.7. The van der Waals surface area contributed by atoms with Crippen molar-refractivity contribution in [2.75, 3.05) is 6.54 Å². The predicted octanol–water partition coefficient (Wildman–Crippen LogP) is 4.61. The van der Waals surface area contributed by atoms with Gasteiger partial charge in [0.2, 0.25) is 5.82 Å². The number of rotatable bonds is 6. The van der Waals surface area contributed by atoms with Crippen molar-refractivity contribution in [1.82, 2.24) is 30.6 Å². The van der Waals surface area contributed by atoms with Crippen molar-refractivity contribution < 1.29 is 0 Å². The molecule has 0 aliphatic carbocycles.